The van der Waals surface area contributed by atoms with Crippen molar-refractivity contribution in [1.29, 1.82) is 0 Å². The first kappa shape index (κ1) is 21.6. The Kier molecular flexibility index (Phi) is 7.35. The normalized spacial score (nSPS) is 12.4. The first-order chi connectivity index (χ1) is 13.2. The molecule has 2 aromatic carbocycles. The van der Waals surface area contributed by atoms with Crippen LogP contribution in [0.4, 0.5) is 5.69 Å². The van der Waals surface area contributed by atoms with Gasteiger partial charge in [0.25, 0.3) is 0 Å². The predicted molar refractivity (Wildman–Crippen MR) is 116 cm³/mol. The third-order valence-corrected chi connectivity index (χ3v) is 4.63. The van der Waals surface area contributed by atoms with Crippen LogP contribution < -0.4 is 4.74 Å². The van der Waals surface area contributed by atoms with Crippen LogP contribution in [-0.2, 0) is 0 Å². The lowest BCUT2D eigenvalue weighted by Gasteiger charge is -2.25. The topological polar surface area (TPSA) is 45.1 Å². The highest BCUT2D eigenvalue weighted by Crippen LogP contribution is 2.25. The van der Waals surface area contributed by atoms with Crippen LogP contribution in [0, 0.1) is 20.8 Å². The molecule has 0 N–H and O–H groups in total. The summed E-state index contributed by atoms with van der Waals surface area (Å²) >= 11 is 0. The smallest absolute Gasteiger partial charge is 0.218 e. The van der Waals surface area contributed by atoms with Crippen molar-refractivity contribution in [2.45, 2.75) is 33.9 Å². The number of ether oxygens (including phenoxy) is 1. The van der Waals surface area contributed by atoms with Gasteiger partial charge >= 0.3 is 0 Å². The maximum absolute atomic E-state index is 13.3. The van der Waals surface area contributed by atoms with Gasteiger partial charge in [0.2, 0.25) is 12.0 Å². The van der Waals surface area contributed by atoms with Crippen molar-refractivity contribution < 1.29 is 9.53 Å². The summed E-state index contributed by atoms with van der Waals surface area (Å²) in [6.45, 7) is 8.87. The maximum Gasteiger partial charge on any atom is 0.218 e. The molecular formula is C23H31N3O2. The molecule has 5 nitrogen and oxygen atoms in total. The van der Waals surface area contributed by atoms with Crippen molar-refractivity contribution in [2.75, 3.05) is 27.7 Å². The van der Waals surface area contributed by atoms with Crippen molar-refractivity contribution in [2.24, 2.45) is 4.99 Å². The third-order valence-electron chi connectivity index (χ3n) is 4.63. The number of rotatable bonds is 8. The average molecular weight is 382 g/mol. The van der Waals surface area contributed by atoms with E-state index in [2.05, 4.69) is 11.9 Å². The summed E-state index contributed by atoms with van der Waals surface area (Å²) in [7, 11) is 5.67. The second kappa shape index (κ2) is 9.51. The summed E-state index contributed by atoms with van der Waals surface area (Å²) in [6, 6.07) is 11.6. The van der Waals surface area contributed by atoms with Crippen LogP contribution in [0.1, 0.15) is 34.0 Å². The van der Waals surface area contributed by atoms with Crippen molar-refractivity contribution >= 4 is 17.8 Å². The molecule has 0 aliphatic rings. The van der Waals surface area contributed by atoms with E-state index in [0.29, 0.717) is 11.3 Å². The molecule has 0 heterocycles. The zero-order valence-electron chi connectivity index (χ0n) is 18.0. The summed E-state index contributed by atoms with van der Waals surface area (Å²) in [5.41, 5.74) is 4.47. The highest BCUT2D eigenvalue weighted by Gasteiger charge is 2.26. The number of carbonyl (C=O) groups is 1. The van der Waals surface area contributed by atoms with Crippen LogP contribution in [0.3, 0.4) is 0 Å². The largest absolute Gasteiger partial charge is 0.467 e. The Morgan fingerprint density at radius 2 is 1.82 bits per heavy atom. The van der Waals surface area contributed by atoms with Gasteiger partial charge in [-0.1, -0.05) is 12.1 Å². The number of likely N-dealkylation sites (N-methyl/N-ethyl adjacent to an activating group) is 1. The summed E-state index contributed by atoms with van der Waals surface area (Å²) in [5, 5.41) is 0. The molecule has 0 fully saturated rings. The van der Waals surface area contributed by atoms with Crippen LogP contribution in [0.15, 0.2) is 41.4 Å². The fourth-order valence-electron chi connectivity index (χ4n) is 2.79. The van der Waals surface area contributed by atoms with E-state index in [1.54, 1.807) is 4.90 Å². The lowest BCUT2D eigenvalue weighted by molar-refractivity contribution is 0.0446. The van der Waals surface area contributed by atoms with Crippen LogP contribution >= 0.6 is 0 Å². The Balaban J connectivity index is 2.32. The van der Waals surface area contributed by atoms with Crippen molar-refractivity contribution in [1.82, 2.24) is 9.80 Å². The molecule has 0 amide bonds. The molecule has 5 heteroatoms. The fourth-order valence-corrected chi connectivity index (χ4v) is 2.79. The SMILES string of the molecule is CCN(C)C=Nc1cc(C)c(C(=O)C(Oc2cccc(C)c2)N(C)C)cc1C. The van der Waals surface area contributed by atoms with E-state index in [1.165, 1.54) is 0 Å². The standard InChI is InChI=1S/C23H31N3O2/c1-8-26(7)15-24-21-14-17(3)20(13-18(21)4)22(27)23(25(5)6)28-19-11-9-10-16(2)12-19/h9-15,23H,8H2,1-7H3. The maximum atomic E-state index is 13.3. The van der Waals surface area contributed by atoms with Gasteiger partial charge in [0.1, 0.15) is 5.75 Å². The minimum absolute atomic E-state index is 0.0617. The van der Waals surface area contributed by atoms with Crippen LogP contribution in [-0.4, -0.2) is 55.8 Å². The first-order valence-electron chi connectivity index (χ1n) is 9.52. The molecule has 150 valence electrons. The van der Waals surface area contributed by atoms with Gasteiger partial charge in [0.15, 0.2) is 0 Å². The van der Waals surface area contributed by atoms with E-state index >= 15 is 0 Å². The summed E-state index contributed by atoms with van der Waals surface area (Å²) in [5.74, 6) is 0.624. The molecule has 1 unspecified atom stereocenters. The van der Waals surface area contributed by atoms with Crippen molar-refractivity contribution in [3.8, 4) is 5.75 Å². The first-order valence-corrected chi connectivity index (χ1v) is 9.52. The second-order valence-corrected chi connectivity index (χ2v) is 7.39. The summed E-state index contributed by atoms with van der Waals surface area (Å²) in [6.07, 6.45) is 1.12. The highest BCUT2D eigenvalue weighted by molar-refractivity contribution is 6.01. The van der Waals surface area contributed by atoms with E-state index in [1.807, 2.05) is 89.6 Å². The van der Waals surface area contributed by atoms with Gasteiger partial charge in [-0.05, 0) is 82.7 Å². The number of hydrogen-bond acceptors (Lipinski definition) is 4. The van der Waals surface area contributed by atoms with E-state index < -0.39 is 6.23 Å². The minimum Gasteiger partial charge on any atom is -0.467 e. The van der Waals surface area contributed by atoms with Gasteiger partial charge in [-0.25, -0.2) is 4.99 Å². The molecule has 2 rings (SSSR count). The Bertz CT molecular complexity index is 859. The van der Waals surface area contributed by atoms with Crippen LogP contribution in [0.5, 0.6) is 5.75 Å². The minimum atomic E-state index is -0.694. The molecule has 0 radical (unpaired) electrons. The Morgan fingerprint density at radius 3 is 2.43 bits per heavy atom. The summed E-state index contributed by atoms with van der Waals surface area (Å²) < 4.78 is 6.03. The quantitative estimate of drug-likeness (QED) is 0.295. The number of carbonyl (C=O) groups excluding carboxylic acids is 1. The van der Waals surface area contributed by atoms with Crippen molar-refractivity contribution in [3.05, 3.63) is 58.7 Å². The van der Waals surface area contributed by atoms with Crippen LogP contribution in [0.2, 0.25) is 0 Å². The second-order valence-electron chi connectivity index (χ2n) is 7.39. The molecule has 0 aliphatic carbocycles. The lowest BCUT2D eigenvalue weighted by Crippen LogP contribution is -2.41. The van der Waals surface area contributed by atoms with Gasteiger partial charge < -0.3 is 9.64 Å². The average Bonchev–Trinajstić information content (AvgIpc) is 2.65. The van der Waals surface area contributed by atoms with Gasteiger partial charge in [-0.15, -0.1) is 0 Å². The molecular weight excluding hydrogens is 350 g/mol. The number of ketones is 1. The Morgan fingerprint density at radius 1 is 1.11 bits per heavy atom. The number of aryl methyl sites for hydroxylation is 3. The zero-order valence-corrected chi connectivity index (χ0v) is 18.0. The lowest BCUT2D eigenvalue weighted by atomic mass is 9.99. The summed E-state index contributed by atoms with van der Waals surface area (Å²) in [4.78, 5) is 21.6. The molecule has 0 saturated carbocycles. The van der Waals surface area contributed by atoms with E-state index in [4.69, 9.17) is 4.74 Å². The van der Waals surface area contributed by atoms with Gasteiger partial charge in [0.05, 0.1) is 12.0 Å². The van der Waals surface area contributed by atoms with E-state index in [-0.39, 0.29) is 5.78 Å². The zero-order chi connectivity index (χ0) is 20.8. The third kappa shape index (κ3) is 5.42. The number of hydrogen-bond donors (Lipinski definition) is 0. The fraction of sp³-hybridized carbons (Fsp3) is 0.391. The molecule has 0 saturated heterocycles. The molecule has 2 aromatic rings. The molecule has 0 aromatic heterocycles. The van der Waals surface area contributed by atoms with E-state index in [0.717, 1.165) is 28.9 Å². The van der Waals surface area contributed by atoms with Gasteiger partial charge in [-0.3, -0.25) is 9.69 Å². The number of Topliss-reactive ketones (excluding diaryl/α,β-unsaturated/α-hetero) is 1. The van der Waals surface area contributed by atoms with Crippen molar-refractivity contribution in [3.63, 3.8) is 0 Å². The Hall–Kier alpha value is -2.66. The predicted octanol–water partition coefficient (Wildman–Crippen LogP) is 4.37. The number of aliphatic imine (C=N–C) groups is 1. The van der Waals surface area contributed by atoms with Crippen LogP contribution in [0.25, 0.3) is 0 Å². The Labute approximate surface area is 168 Å². The van der Waals surface area contributed by atoms with Gasteiger partial charge in [-0.2, -0.15) is 0 Å². The number of benzene rings is 2. The molecule has 0 aliphatic heterocycles. The molecule has 0 bridgehead atoms. The molecule has 0 spiro atoms. The van der Waals surface area contributed by atoms with E-state index in [9.17, 15) is 4.79 Å². The molecule has 1 atom stereocenters. The number of nitrogens with zero attached hydrogens (tertiary/aromatic N) is 3. The van der Waals surface area contributed by atoms with Gasteiger partial charge in [0, 0.05) is 19.2 Å². The molecule has 28 heavy (non-hydrogen) atoms. The highest BCUT2D eigenvalue weighted by atomic mass is 16.5. The monoisotopic (exact) mass is 381 g/mol.